The number of methoxy groups -OCH3 is 1. The number of hydrogen-bond acceptors (Lipinski definition) is 4. The second-order valence-electron chi connectivity index (χ2n) is 4.53. The van der Waals surface area contributed by atoms with Crippen LogP contribution < -0.4 is 0 Å². The lowest BCUT2D eigenvalue weighted by molar-refractivity contribution is -0.113. The number of rotatable bonds is 3. The van der Waals surface area contributed by atoms with E-state index in [1.807, 2.05) is 36.4 Å². The van der Waals surface area contributed by atoms with E-state index in [9.17, 15) is 4.79 Å². The van der Waals surface area contributed by atoms with Gasteiger partial charge in [0.1, 0.15) is 12.5 Å². The third kappa shape index (κ3) is 2.14. The Kier molecular flexibility index (Phi) is 3.36. The van der Waals surface area contributed by atoms with E-state index in [1.54, 1.807) is 18.2 Å². The summed E-state index contributed by atoms with van der Waals surface area (Å²) < 4.78 is 16.3. The summed E-state index contributed by atoms with van der Waals surface area (Å²) >= 11 is 0. The lowest BCUT2D eigenvalue weighted by Crippen LogP contribution is -2.31. The minimum absolute atomic E-state index is 0.410. The van der Waals surface area contributed by atoms with Crippen LogP contribution >= 0.6 is 0 Å². The largest absolute Gasteiger partial charge is 0.465 e. The van der Waals surface area contributed by atoms with Crippen LogP contribution in [0, 0.1) is 0 Å². The van der Waals surface area contributed by atoms with Crippen LogP contribution in [0.5, 0.6) is 0 Å². The van der Waals surface area contributed by atoms with E-state index in [-0.39, 0.29) is 0 Å². The molecule has 0 N–H and O–H groups in total. The van der Waals surface area contributed by atoms with Crippen molar-refractivity contribution in [1.29, 1.82) is 0 Å². The molecular formula is C17H14O4. The van der Waals surface area contributed by atoms with Gasteiger partial charge < -0.3 is 14.2 Å². The molecule has 0 spiro atoms. The molecule has 0 radical (unpaired) electrons. The van der Waals surface area contributed by atoms with Crippen molar-refractivity contribution in [2.24, 2.45) is 0 Å². The van der Waals surface area contributed by atoms with Crippen molar-refractivity contribution < 1.29 is 19.0 Å². The average Bonchev–Trinajstić information content (AvgIpc) is 3.06. The van der Waals surface area contributed by atoms with Crippen molar-refractivity contribution in [1.82, 2.24) is 0 Å². The minimum atomic E-state index is -1.16. The molecule has 0 bridgehead atoms. The molecule has 3 rings (SSSR count). The first-order chi connectivity index (χ1) is 10.3. The van der Waals surface area contributed by atoms with Gasteiger partial charge in [0.25, 0.3) is 0 Å². The molecule has 1 heterocycles. The fourth-order valence-corrected chi connectivity index (χ4v) is 2.41. The Morgan fingerprint density at radius 2 is 1.57 bits per heavy atom. The quantitative estimate of drug-likeness (QED) is 0.811. The van der Waals surface area contributed by atoms with Crippen LogP contribution in [-0.4, -0.2) is 13.1 Å². The number of carbonyl (C=O) groups is 1. The van der Waals surface area contributed by atoms with E-state index in [2.05, 4.69) is 0 Å². The maximum Gasteiger partial charge on any atom is 0.338 e. The van der Waals surface area contributed by atoms with E-state index in [0.29, 0.717) is 11.1 Å². The Morgan fingerprint density at radius 1 is 0.952 bits per heavy atom. The normalized spacial score (nSPS) is 15.1. The van der Waals surface area contributed by atoms with Crippen LogP contribution in [0.15, 0.2) is 67.1 Å². The Bertz CT molecular complexity index is 668. The first-order valence-electron chi connectivity index (χ1n) is 6.52. The molecule has 4 heteroatoms. The summed E-state index contributed by atoms with van der Waals surface area (Å²) in [6.45, 7) is 0. The van der Waals surface area contributed by atoms with Gasteiger partial charge in [-0.05, 0) is 12.1 Å². The summed E-state index contributed by atoms with van der Waals surface area (Å²) in [5.74, 6) is -1.59. The van der Waals surface area contributed by atoms with Gasteiger partial charge in [0.2, 0.25) is 0 Å². The molecule has 0 fully saturated rings. The Morgan fingerprint density at radius 3 is 2.24 bits per heavy atom. The fraction of sp³-hybridized carbons (Fsp3) is 0.118. The molecule has 0 saturated heterocycles. The minimum Gasteiger partial charge on any atom is -0.465 e. The molecule has 2 aromatic carbocycles. The first kappa shape index (κ1) is 13.2. The molecule has 0 amide bonds. The van der Waals surface area contributed by atoms with Crippen LogP contribution in [0.3, 0.4) is 0 Å². The number of hydrogen-bond donors (Lipinski definition) is 0. The standard InChI is InChI=1S/C17H14O4/c1-19-16(18)14-9-5-6-10-15(14)17(20-11-12-21-17)13-7-3-2-4-8-13/h2-12H,1H3. The molecule has 1 aliphatic rings. The lowest BCUT2D eigenvalue weighted by atomic mass is 9.93. The summed E-state index contributed by atoms with van der Waals surface area (Å²) in [4.78, 5) is 12.0. The Hall–Kier alpha value is -2.75. The second kappa shape index (κ2) is 5.32. The highest BCUT2D eigenvalue weighted by Gasteiger charge is 2.43. The maximum atomic E-state index is 12.0. The zero-order chi connectivity index (χ0) is 14.7. The van der Waals surface area contributed by atoms with Gasteiger partial charge in [-0.3, -0.25) is 0 Å². The summed E-state index contributed by atoms with van der Waals surface area (Å²) in [5, 5.41) is 0. The SMILES string of the molecule is COC(=O)c1ccccc1C1(c2ccccc2)OC=CO1. The van der Waals surface area contributed by atoms with Crippen LogP contribution in [0.25, 0.3) is 0 Å². The second-order valence-corrected chi connectivity index (χ2v) is 4.53. The van der Waals surface area contributed by atoms with Crippen molar-refractivity contribution in [3.8, 4) is 0 Å². The van der Waals surface area contributed by atoms with Crippen molar-refractivity contribution in [2.75, 3.05) is 7.11 Å². The number of carbonyl (C=O) groups excluding carboxylic acids is 1. The molecule has 0 saturated carbocycles. The van der Waals surface area contributed by atoms with Gasteiger partial charge in [0.05, 0.1) is 18.2 Å². The van der Waals surface area contributed by atoms with Gasteiger partial charge in [0, 0.05) is 5.56 Å². The predicted octanol–water partition coefficient (Wildman–Crippen LogP) is 3.19. The fourth-order valence-electron chi connectivity index (χ4n) is 2.41. The number of esters is 1. The van der Waals surface area contributed by atoms with Gasteiger partial charge in [0.15, 0.2) is 0 Å². The topological polar surface area (TPSA) is 44.8 Å². The monoisotopic (exact) mass is 282 g/mol. The zero-order valence-corrected chi connectivity index (χ0v) is 11.5. The van der Waals surface area contributed by atoms with Crippen molar-refractivity contribution in [3.05, 3.63) is 83.8 Å². The van der Waals surface area contributed by atoms with Crippen LogP contribution in [0.1, 0.15) is 21.5 Å². The lowest BCUT2D eigenvalue weighted by Gasteiger charge is -2.29. The number of benzene rings is 2. The zero-order valence-electron chi connectivity index (χ0n) is 11.5. The van der Waals surface area contributed by atoms with Crippen LogP contribution in [-0.2, 0) is 20.0 Å². The van der Waals surface area contributed by atoms with Crippen molar-refractivity contribution in [3.63, 3.8) is 0 Å². The summed E-state index contributed by atoms with van der Waals surface area (Å²) in [6.07, 6.45) is 2.95. The summed E-state index contributed by atoms with van der Waals surface area (Å²) in [5.41, 5.74) is 1.81. The van der Waals surface area contributed by atoms with Gasteiger partial charge in [-0.1, -0.05) is 42.5 Å². The van der Waals surface area contributed by atoms with E-state index in [0.717, 1.165) is 5.56 Å². The highest BCUT2D eigenvalue weighted by atomic mass is 16.7. The van der Waals surface area contributed by atoms with Gasteiger partial charge in [-0.2, -0.15) is 0 Å². The van der Waals surface area contributed by atoms with E-state index in [4.69, 9.17) is 14.2 Å². The molecule has 106 valence electrons. The smallest absolute Gasteiger partial charge is 0.338 e. The van der Waals surface area contributed by atoms with Crippen molar-refractivity contribution >= 4 is 5.97 Å². The highest BCUT2D eigenvalue weighted by Crippen LogP contribution is 2.40. The molecule has 0 atom stereocenters. The average molecular weight is 282 g/mol. The van der Waals surface area contributed by atoms with Crippen LogP contribution in [0.2, 0.25) is 0 Å². The Balaban J connectivity index is 2.18. The van der Waals surface area contributed by atoms with Crippen molar-refractivity contribution in [2.45, 2.75) is 5.79 Å². The molecular weight excluding hydrogens is 268 g/mol. The molecule has 0 unspecified atom stereocenters. The third-order valence-electron chi connectivity index (χ3n) is 3.36. The molecule has 0 aliphatic carbocycles. The highest BCUT2D eigenvalue weighted by molar-refractivity contribution is 5.91. The maximum absolute atomic E-state index is 12.0. The third-order valence-corrected chi connectivity index (χ3v) is 3.36. The predicted molar refractivity (Wildman–Crippen MR) is 76.3 cm³/mol. The summed E-state index contributed by atoms with van der Waals surface area (Å²) in [6, 6.07) is 16.6. The van der Waals surface area contributed by atoms with Crippen LogP contribution in [0.4, 0.5) is 0 Å². The van der Waals surface area contributed by atoms with Gasteiger partial charge in [-0.15, -0.1) is 0 Å². The summed E-state index contributed by atoms with van der Waals surface area (Å²) in [7, 11) is 1.35. The number of ether oxygens (including phenoxy) is 3. The van der Waals surface area contributed by atoms with E-state index < -0.39 is 11.8 Å². The van der Waals surface area contributed by atoms with Gasteiger partial charge in [-0.25, -0.2) is 4.79 Å². The van der Waals surface area contributed by atoms with E-state index in [1.165, 1.54) is 19.6 Å². The Labute approximate surface area is 122 Å². The molecule has 2 aromatic rings. The van der Waals surface area contributed by atoms with E-state index >= 15 is 0 Å². The molecule has 21 heavy (non-hydrogen) atoms. The molecule has 0 aromatic heterocycles. The first-order valence-corrected chi connectivity index (χ1v) is 6.52. The van der Waals surface area contributed by atoms with Gasteiger partial charge >= 0.3 is 11.8 Å². The molecule has 4 nitrogen and oxygen atoms in total. The molecule has 1 aliphatic heterocycles.